The molecular weight excluding hydrogens is 244 g/mol. The van der Waals surface area contributed by atoms with Crippen molar-refractivity contribution in [1.29, 1.82) is 0 Å². The average Bonchev–Trinajstić information content (AvgIpc) is 2.23. The zero-order valence-electron chi connectivity index (χ0n) is 9.04. The van der Waals surface area contributed by atoms with Gasteiger partial charge in [-0.2, -0.15) is 0 Å². The van der Waals surface area contributed by atoms with Crippen LogP contribution in [0.15, 0.2) is 17.0 Å². The van der Waals surface area contributed by atoms with Gasteiger partial charge in [0.2, 0.25) is 0 Å². The number of carbonyl (C=O) groups is 2. The summed E-state index contributed by atoms with van der Waals surface area (Å²) in [5, 5.41) is 0.448. The molecule has 0 aromatic heterocycles. The molecule has 1 aromatic carbocycles. The van der Waals surface area contributed by atoms with E-state index in [1.165, 1.54) is 6.92 Å². The predicted octanol–water partition coefficient (Wildman–Crippen LogP) is 3.14. The molecular formula is C12H11ClO2S. The first-order valence-corrected chi connectivity index (χ1v) is 6.35. The van der Waals surface area contributed by atoms with Crippen LogP contribution in [0, 0.1) is 12.8 Å². The van der Waals surface area contributed by atoms with Crippen LogP contribution in [0.2, 0.25) is 5.02 Å². The van der Waals surface area contributed by atoms with Gasteiger partial charge in [-0.3, -0.25) is 9.59 Å². The number of carbonyl (C=O) groups excluding carboxylic acids is 2. The Labute approximate surface area is 103 Å². The summed E-state index contributed by atoms with van der Waals surface area (Å²) in [5.74, 6) is -0.213. The molecule has 1 aliphatic heterocycles. The number of benzene rings is 1. The standard InChI is InChI=1S/C12H11ClO2S/c1-6-3-4-9(13)10-11(15)8(7(2)14)5-16-12(6)10/h3-4,8H,5H2,1-2H3. The topological polar surface area (TPSA) is 34.1 Å². The number of hydrogen-bond acceptors (Lipinski definition) is 3. The molecule has 2 rings (SSSR count). The van der Waals surface area contributed by atoms with Gasteiger partial charge in [-0.25, -0.2) is 0 Å². The van der Waals surface area contributed by atoms with E-state index < -0.39 is 5.92 Å². The van der Waals surface area contributed by atoms with Crippen molar-refractivity contribution >= 4 is 34.9 Å². The molecule has 0 N–H and O–H groups in total. The second-order valence-electron chi connectivity index (χ2n) is 3.91. The minimum atomic E-state index is -0.531. The van der Waals surface area contributed by atoms with Gasteiger partial charge in [0.25, 0.3) is 0 Å². The van der Waals surface area contributed by atoms with Crippen LogP contribution in [0.3, 0.4) is 0 Å². The van der Waals surface area contributed by atoms with E-state index in [1.807, 2.05) is 13.0 Å². The predicted molar refractivity (Wildman–Crippen MR) is 65.4 cm³/mol. The molecule has 0 amide bonds. The zero-order valence-corrected chi connectivity index (χ0v) is 10.6. The largest absolute Gasteiger partial charge is 0.299 e. The highest BCUT2D eigenvalue weighted by molar-refractivity contribution is 7.99. The van der Waals surface area contributed by atoms with Crippen LogP contribution in [0.25, 0.3) is 0 Å². The Kier molecular flexibility index (Phi) is 3.08. The molecule has 0 spiro atoms. The van der Waals surface area contributed by atoms with Crippen LogP contribution in [-0.2, 0) is 4.79 Å². The summed E-state index contributed by atoms with van der Waals surface area (Å²) < 4.78 is 0. The summed E-state index contributed by atoms with van der Waals surface area (Å²) in [7, 11) is 0. The highest BCUT2D eigenvalue weighted by Gasteiger charge is 2.33. The average molecular weight is 255 g/mol. The van der Waals surface area contributed by atoms with Crippen molar-refractivity contribution in [1.82, 2.24) is 0 Å². The van der Waals surface area contributed by atoms with E-state index in [0.29, 0.717) is 16.3 Å². The van der Waals surface area contributed by atoms with Gasteiger partial charge in [0.15, 0.2) is 5.78 Å². The third-order valence-corrected chi connectivity index (χ3v) is 4.38. The van der Waals surface area contributed by atoms with E-state index in [2.05, 4.69) is 0 Å². The lowest BCUT2D eigenvalue weighted by Crippen LogP contribution is -2.28. The number of rotatable bonds is 1. The van der Waals surface area contributed by atoms with Crippen molar-refractivity contribution in [3.05, 3.63) is 28.3 Å². The van der Waals surface area contributed by atoms with Gasteiger partial charge in [-0.05, 0) is 25.5 Å². The van der Waals surface area contributed by atoms with E-state index >= 15 is 0 Å². The van der Waals surface area contributed by atoms with E-state index in [4.69, 9.17) is 11.6 Å². The summed E-state index contributed by atoms with van der Waals surface area (Å²) in [6.45, 7) is 3.40. The molecule has 2 nitrogen and oxygen atoms in total. The molecule has 0 radical (unpaired) electrons. The molecule has 0 saturated heterocycles. The van der Waals surface area contributed by atoms with Crippen molar-refractivity contribution in [2.75, 3.05) is 5.75 Å². The second kappa shape index (κ2) is 4.22. The number of aryl methyl sites for hydroxylation is 1. The molecule has 0 aliphatic carbocycles. The highest BCUT2D eigenvalue weighted by atomic mass is 35.5. The Hall–Kier alpha value is -0.800. The zero-order chi connectivity index (χ0) is 11.9. The third kappa shape index (κ3) is 1.78. The number of hydrogen-bond donors (Lipinski definition) is 0. The van der Waals surface area contributed by atoms with Crippen molar-refractivity contribution in [3.8, 4) is 0 Å². The summed E-state index contributed by atoms with van der Waals surface area (Å²) in [6.07, 6.45) is 0. The smallest absolute Gasteiger partial charge is 0.176 e. The maximum atomic E-state index is 12.1. The fourth-order valence-corrected chi connectivity index (χ4v) is 3.47. The second-order valence-corrected chi connectivity index (χ2v) is 5.34. The normalized spacial score (nSPS) is 19.4. The van der Waals surface area contributed by atoms with Crippen LogP contribution in [0.5, 0.6) is 0 Å². The van der Waals surface area contributed by atoms with Crippen LogP contribution < -0.4 is 0 Å². The lowest BCUT2D eigenvalue weighted by Gasteiger charge is -2.23. The first-order chi connectivity index (χ1) is 7.52. The number of thioether (sulfide) groups is 1. The fourth-order valence-electron chi connectivity index (χ4n) is 1.80. The SMILES string of the molecule is CC(=O)C1CSc2c(C)ccc(Cl)c2C1=O. The van der Waals surface area contributed by atoms with Crippen LogP contribution in [0.4, 0.5) is 0 Å². The van der Waals surface area contributed by atoms with Crippen molar-refractivity contribution < 1.29 is 9.59 Å². The van der Waals surface area contributed by atoms with Crippen LogP contribution >= 0.6 is 23.4 Å². The van der Waals surface area contributed by atoms with Crippen LogP contribution in [-0.4, -0.2) is 17.3 Å². The van der Waals surface area contributed by atoms with E-state index in [0.717, 1.165) is 10.5 Å². The molecule has 0 bridgehead atoms. The molecule has 0 fully saturated rings. The van der Waals surface area contributed by atoms with E-state index in [1.54, 1.807) is 17.8 Å². The van der Waals surface area contributed by atoms with Gasteiger partial charge < -0.3 is 0 Å². The lowest BCUT2D eigenvalue weighted by atomic mass is 9.94. The molecule has 16 heavy (non-hydrogen) atoms. The quantitative estimate of drug-likeness (QED) is 0.722. The van der Waals surface area contributed by atoms with Crippen LogP contribution in [0.1, 0.15) is 22.8 Å². The number of fused-ring (bicyclic) bond motifs is 1. The molecule has 84 valence electrons. The van der Waals surface area contributed by atoms with Gasteiger partial charge >= 0.3 is 0 Å². The number of halogens is 1. The number of Topliss-reactive ketones (excluding diaryl/α,β-unsaturated/α-hetero) is 2. The Morgan fingerprint density at radius 2 is 2.19 bits per heavy atom. The Morgan fingerprint density at radius 3 is 2.81 bits per heavy atom. The maximum Gasteiger partial charge on any atom is 0.176 e. The van der Waals surface area contributed by atoms with Gasteiger partial charge in [0, 0.05) is 10.6 Å². The first-order valence-electron chi connectivity index (χ1n) is 4.99. The van der Waals surface area contributed by atoms with E-state index in [9.17, 15) is 9.59 Å². The molecule has 0 saturated carbocycles. The lowest BCUT2D eigenvalue weighted by molar-refractivity contribution is -0.118. The monoisotopic (exact) mass is 254 g/mol. The molecule has 1 heterocycles. The van der Waals surface area contributed by atoms with Crippen molar-refractivity contribution in [2.24, 2.45) is 5.92 Å². The van der Waals surface area contributed by atoms with Crippen molar-refractivity contribution in [2.45, 2.75) is 18.7 Å². The first kappa shape index (κ1) is 11.7. The molecule has 1 aliphatic rings. The number of ketones is 2. The van der Waals surface area contributed by atoms with Gasteiger partial charge in [0.05, 0.1) is 16.5 Å². The fraction of sp³-hybridized carbons (Fsp3) is 0.333. The Bertz CT molecular complexity index is 482. The summed E-state index contributed by atoms with van der Waals surface area (Å²) in [4.78, 5) is 24.4. The van der Waals surface area contributed by atoms with E-state index in [-0.39, 0.29) is 11.6 Å². The minimum absolute atomic E-state index is 0.0827. The molecule has 1 atom stereocenters. The summed E-state index contributed by atoms with van der Waals surface area (Å²) in [5.41, 5.74) is 1.57. The van der Waals surface area contributed by atoms with Gasteiger partial charge in [0.1, 0.15) is 5.78 Å². The highest BCUT2D eigenvalue weighted by Crippen LogP contribution is 2.39. The molecule has 4 heteroatoms. The Balaban J connectivity index is 2.56. The Morgan fingerprint density at radius 1 is 1.50 bits per heavy atom. The van der Waals surface area contributed by atoms with Gasteiger partial charge in [-0.1, -0.05) is 17.7 Å². The summed E-state index contributed by atoms with van der Waals surface area (Å²) >= 11 is 7.58. The van der Waals surface area contributed by atoms with Crippen molar-refractivity contribution in [3.63, 3.8) is 0 Å². The van der Waals surface area contributed by atoms with Gasteiger partial charge in [-0.15, -0.1) is 11.8 Å². The third-order valence-electron chi connectivity index (χ3n) is 2.75. The minimum Gasteiger partial charge on any atom is -0.299 e. The summed E-state index contributed by atoms with van der Waals surface area (Å²) in [6, 6.07) is 3.62. The maximum absolute atomic E-state index is 12.1. The molecule has 1 aromatic rings. The molecule has 1 unspecified atom stereocenters.